The van der Waals surface area contributed by atoms with Crippen LogP contribution in [0.1, 0.15) is 60.8 Å². The lowest BCUT2D eigenvalue weighted by molar-refractivity contribution is 0.0797. The van der Waals surface area contributed by atoms with Gasteiger partial charge in [0.05, 0.1) is 0 Å². The van der Waals surface area contributed by atoms with Gasteiger partial charge in [0, 0.05) is 5.54 Å². The molecule has 0 aromatic carbocycles. The third-order valence-electron chi connectivity index (χ3n) is 4.88. The van der Waals surface area contributed by atoms with E-state index in [0.717, 1.165) is 24.2 Å². The Kier molecular flexibility index (Phi) is 3.55. The van der Waals surface area contributed by atoms with Gasteiger partial charge in [-0.3, -0.25) is 0 Å². The number of rotatable bonds is 3. The molecule has 0 radical (unpaired) electrons. The molecule has 2 N–H and O–H groups in total. The molecule has 1 fully saturated rings. The summed E-state index contributed by atoms with van der Waals surface area (Å²) in [5.74, 6) is 2.63. The molecule has 1 heteroatoms. The molecule has 0 aromatic rings. The summed E-state index contributed by atoms with van der Waals surface area (Å²) in [5, 5.41) is 0. The monoisotopic (exact) mass is 211 g/mol. The van der Waals surface area contributed by atoms with Crippen molar-refractivity contribution < 1.29 is 0 Å². The van der Waals surface area contributed by atoms with Crippen molar-refractivity contribution in [3.8, 4) is 0 Å². The summed E-state index contributed by atoms with van der Waals surface area (Å²) >= 11 is 0. The lowest BCUT2D eigenvalue weighted by atomic mass is 9.63. The Morgan fingerprint density at radius 2 is 1.73 bits per heavy atom. The highest BCUT2D eigenvalue weighted by molar-refractivity contribution is 4.94. The minimum absolute atomic E-state index is 0.0400. The van der Waals surface area contributed by atoms with E-state index >= 15 is 0 Å². The smallest absolute Gasteiger partial charge is 0.0177 e. The Labute approximate surface area is 95.8 Å². The number of hydrogen-bond acceptors (Lipinski definition) is 1. The van der Waals surface area contributed by atoms with E-state index in [-0.39, 0.29) is 11.0 Å². The molecular formula is C14H29N. The second kappa shape index (κ2) is 4.08. The molecule has 1 aliphatic rings. The fourth-order valence-corrected chi connectivity index (χ4v) is 2.66. The molecule has 1 aliphatic carbocycles. The maximum absolute atomic E-state index is 6.46. The van der Waals surface area contributed by atoms with Crippen molar-refractivity contribution in [2.75, 3.05) is 0 Å². The molecule has 0 aliphatic heterocycles. The summed E-state index contributed by atoms with van der Waals surface area (Å²) in [6, 6.07) is 0. The first-order valence-corrected chi connectivity index (χ1v) is 6.44. The first-order chi connectivity index (χ1) is 6.65. The SMILES string of the molecule is CC1CCC1C(C)CC(C)(N)C(C)(C)C. The van der Waals surface area contributed by atoms with Crippen molar-refractivity contribution in [3.05, 3.63) is 0 Å². The van der Waals surface area contributed by atoms with Crippen molar-refractivity contribution >= 4 is 0 Å². The largest absolute Gasteiger partial charge is 0.325 e. The highest BCUT2D eigenvalue weighted by Gasteiger charge is 2.39. The predicted octanol–water partition coefficient (Wildman–Crippen LogP) is 3.82. The molecule has 1 nitrogen and oxygen atoms in total. The number of nitrogens with two attached hydrogens (primary N) is 1. The second-order valence-electron chi connectivity index (χ2n) is 7.07. The van der Waals surface area contributed by atoms with E-state index < -0.39 is 0 Å². The summed E-state index contributed by atoms with van der Waals surface area (Å²) in [5.41, 5.74) is 6.62. The van der Waals surface area contributed by atoms with Crippen molar-refractivity contribution in [2.45, 2.75) is 66.3 Å². The van der Waals surface area contributed by atoms with Crippen molar-refractivity contribution in [1.29, 1.82) is 0 Å². The molecule has 1 saturated carbocycles. The first-order valence-electron chi connectivity index (χ1n) is 6.44. The first kappa shape index (κ1) is 13.0. The van der Waals surface area contributed by atoms with E-state index in [4.69, 9.17) is 5.73 Å². The molecule has 0 bridgehead atoms. The molecule has 0 amide bonds. The Balaban J connectivity index is 2.53. The van der Waals surface area contributed by atoms with Crippen LogP contribution in [0.4, 0.5) is 0 Å². The Bertz CT molecular complexity index is 212. The summed E-state index contributed by atoms with van der Waals surface area (Å²) in [6.45, 7) is 13.7. The zero-order valence-electron chi connectivity index (χ0n) is 11.4. The lowest BCUT2D eigenvalue weighted by Crippen LogP contribution is -2.51. The van der Waals surface area contributed by atoms with Crippen LogP contribution in [-0.4, -0.2) is 5.54 Å². The Morgan fingerprint density at radius 3 is 2.00 bits per heavy atom. The van der Waals surface area contributed by atoms with Crippen LogP contribution in [-0.2, 0) is 0 Å². The summed E-state index contributed by atoms with van der Waals surface area (Å²) in [7, 11) is 0. The molecule has 15 heavy (non-hydrogen) atoms. The van der Waals surface area contributed by atoms with E-state index in [9.17, 15) is 0 Å². The molecule has 1 rings (SSSR count). The van der Waals surface area contributed by atoms with E-state index in [1.807, 2.05) is 0 Å². The van der Waals surface area contributed by atoms with Gasteiger partial charge in [-0.25, -0.2) is 0 Å². The fraction of sp³-hybridized carbons (Fsp3) is 1.00. The van der Waals surface area contributed by atoms with Gasteiger partial charge in [-0.2, -0.15) is 0 Å². The highest BCUT2D eigenvalue weighted by atomic mass is 14.8. The summed E-state index contributed by atoms with van der Waals surface area (Å²) in [4.78, 5) is 0. The molecule has 4 atom stereocenters. The highest BCUT2D eigenvalue weighted by Crippen LogP contribution is 2.44. The van der Waals surface area contributed by atoms with Crippen LogP contribution < -0.4 is 5.73 Å². The number of hydrogen-bond donors (Lipinski definition) is 1. The maximum Gasteiger partial charge on any atom is 0.0177 e. The van der Waals surface area contributed by atoms with Crippen LogP contribution in [0.2, 0.25) is 0 Å². The van der Waals surface area contributed by atoms with E-state index in [0.29, 0.717) is 0 Å². The second-order valence-corrected chi connectivity index (χ2v) is 7.07. The third-order valence-corrected chi connectivity index (χ3v) is 4.88. The van der Waals surface area contributed by atoms with Crippen molar-refractivity contribution in [3.63, 3.8) is 0 Å². The minimum atomic E-state index is -0.0400. The Hall–Kier alpha value is -0.0400. The van der Waals surface area contributed by atoms with Crippen molar-refractivity contribution in [2.24, 2.45) is 28.9 Å². The van der Waals surface area contributed by atoms with Crippen LogP contribution in [0.15, 0.2) is 0 Å². The average molecular weight is 211 g/mol. The fourth-order valence-electron chi connectivity index (χ4n) is 2.66. The van der Waals surface area contributed by atoms with Gasteiger partial charge in [0.2, 0.25) is 0 Å². The zero-order chi connectivity index (χ0) is 11.9. The maximum atomic E-state index is 6.46. The van der Waals surface area contributed by atoms with E-state index in [2.05, 4.69) is 41.5 Å². The molecule has 0 saturated heterocycles. The molecule has 0 spiro atoms. The molecule has 0 aromatic heterocycles. The van der Waals surface area contributed by atoms with Gasteiger partial charge in [0.15, 0.2) is 0 Å². The van der Waals surface area contributed by atoms with Gasteiger partial charge in [-0.05, 0) is 42.9 Å². The van der Waals surface area contributed by atoms with Crippen LogP contribution in [0.5, 0.6) is 0 Å². The summed E-state index contributed by atoms with van der Waals surface area (Å²) in [6.07, 6.45) is 4.00. The molecule has 4 unspecified atom stereocenters. The van der Waals surface area contributed by atoms with Crippen LogP contribution >= 0.6 is 0 Å². The van der Waals surface area contributed by atoms with Gasteiger partial charge in [-0.15, -0.1) is 0 Å². The topological polar surface area (TPSA) is 26.0 Å². The zero-order valence-corrected chi connectivity index (χ0v) is 11.4. The minimum Gasteiger partial charge on any atom is -0.325 e. The van der Waals surface area contributed by atoms with Gasteiger partial charge in [0.25, 0.3) is 0 Å². The predicted molar refractivity (Wildman–Crippen MR) is 67.7 cm³/mol. The normalized spacial score (nSPS) is 33.0. The lowest BCUT2D eigenvalue weighted by Gasteiger charge is -2.45. The van der Waals surface area contributed by atoms with E-state index in [1.165, 1.54) is 12.8 Å². The standard InChI is InChI=1S/C14H29N/c1-10-7-8-12(10)11(2)9-14(6,15)13(3,4)5/h10-12H,7-9,15H2,1-6H3. The quantitative estimate of drug-likeness (QED) is 0.754. The van der Waals surface area contributed by atoms with Crippen LogP contribution in [0, 0.1) is 23.2 Å². The molecule has 0 heterocycles. The summed E-state index contributed by atoms with van der Waals surface area (Å²) < 4.78 is 0. The van der Waals surface area contributed by atoms with Gasteiger partial charge >= 0.3 is 0 Å². The van der Waals surface area contributed by atoms with E-state index in [1.54, 1.807) is 0 Å². The van der Waals surface area contributed by atoms with Gasteiger partial charge in [-0.1, -0.05) is 41.0 Å². The molecule has 90 valence electrons. The van der Waals surface area contributed by atoms with Gasteiger partial charge in [0.1, 0.15) is 0 Å². The molecular weight excluding hydrogens is 182 g/mol. The third kappa shape index (κ3) is 2.75. The van der Waals surface area contributed by atoms with Crippen molar-refractivity contribution in [1.82, 2.24) is 0 Å². The Morgan fingerprint density at radius 1 is 1.20 bits per heavy atom. The average Bonchev–Trinajstić information content (AvgIpc) is 1.98. The van der Waals surface area contributed by atoms with Crippen LogP contribution in [0.25, 0.3) is 0 Å². The van der Waals surface area contributed by atoms with Gasteiger partial charge < -0.3 is 5.73 Å². The van der Waals surface area contributed by atoms with Crippen LogP contribution in [0.3, 0.4) is 0 Å².